The average molecular weight is 236 g/mol. The first-order chi connectivity index (χ1) is 6.91. The van der Waals surface area contributed by atoms with Gasteiger partial charge >= 0.3 is 5.97 Å². The molecule has 15 heavy (non-hydrogen) atoms. The molecule has 0 radical (unpaired) electrons. The third-order valence-corrected chi connectivity index (χ3v) is 4.23. The summed E-state index contributed by atoms with van der Waals surface area (Å²) in [4.78, 5) is 10.4. The molecule has 4 N–H and O–H groups in total. The Morgan fingerprint density at radius 1 is 1.60 bits per heavy atom. The van der Waals surface area contributed by atoms with Gasteiger partial charge in [-0.3, -0.25) is 4.79 Å². The third kappa shape index (κ3) is 4.15. The number of sulfone groups is 1. The Hall–Kier alpha value is -0.660. The van der Waals surface area contributed by atoms with Crippen LogP contribution in [0, 0.1) is 0 Å². The van der Waals surface area contributed by atoms with Crippen LogP contribution in [-0.4, -0.2) is 49.6 Å². The molecule has 0 amide bonds. The maximum Gasteiger partial charge on any atom is 0.321 e. The Kier molecular flexibility index (Phi) is 4.06. The van der Waals surface area contributed by atoms with Crippen molar-refractivity contribution >= 4 is 15.8 Å². The minimum absolute atomic E-state index is 0.0827. The Morgan fingerprint density at radius 3 is 2.80 bits per heavy atom. The summed E-state index contributed by atoms with van der Waals surface area (Å²) in [5.41, 5.74) is 5.29. The summed E-state index contributed by atoms with van der Waals surface area (Å²) < 4.78 is 22.5. The van der Waals surface area contributed by atoms with Crippen molar-refractivity contribution in [3.63, 3.8) is 0 Å². The van der Waals surface area contributed by atoms with Gasteiger partial charge in [-0.15, -0.1) is 0 Å². The van der Waals surface area contributed by atoms with Gasteiger partial charge in [-0.1, -0.05) is 0 Å². The second kappa shape index (κ2) is 4.91. The van der Waals surface area contributed by atoms with E-state index in [1.165, 1.54) is 0 Å². The van der Waals surface area contributed by atoms with Crippen LogP contribution in [0.4, 0.5) is 0 Å². The Morgan fingerprint density at radius 2 is 2.27 bits per heavy atom. The molecule has 2 atom stereocenters. The van der Waals surface area contributed by atoms with Gasteiger partial charge in [0.1, 0.15) is 6.04 Å². The van der Waals surface area contributed by atoms with E-state index in [4.69, 9.17) is 10.8 Å². The van der Waals surface area contributed by atoms with Crippen LogP contribution in [0.2, 0.25) is 0 Å². The normalized spacial score (nSPS) is 27.1. The second-order valence-electron chi connectivity index (χ2n) is 3.81. The predicted molar refractivity (Wildman–Crippen MR) is 55.3 cm³/mol. The number of nitrogens with two attached hydrogens (primary N) is 1. The van der Waals surface area contributed by atoms with Crippen LogP contribution in [0.15, 0.2) is 0 Å². The highest BCUT2D eigenvalue weighted by Gasteiger charge is 2.25. The van der Waals surface area contributed by atoms with E-state index in [-0.39, 0.29) is 24.1 Å². The van der Waals surface area contributed by atoms with Crippen LogP contribution < -0.4 is 11.1 Å². The molecule has 1 fully saturated rings. The quantitative estimate of drug-likeness (QED) is 0.552. The molecular weight excluding hydrogens is 220 g/mol. The third-order valence-electron chi connectivity index (χ3n) is 2.41. The number of rotatable bonds is 4. The minimum atomic E-state index is -2.95. The number of hydrogen-bond donors (Lipinski definition) is 3. The zero-order valence-electron chi connectivity index (χ0n) is 8.35. The van der Waals surface area contributed by atoms with Crippen LogP contribution >= 0.6 is 0 Å². The molecule has 0 spiro atoms. The van der Waals surface area contributed by atoms with E-state index in [0.29, 0.717) is 6.42 Å². The monoisotopic (exact) mass is 236 g/mol. The molecule has 0 saturated carbocycles. The van der Waals surface area contributed by atoms with Crippen LogP contribution in [0.1, 0.15) is 12.8 Å². The average Bonchev–Trinajstić information content (AvgIpc) is 2.12. The first-order valence-corrected chi connectivity index (χ1v) is 6.65. The van der Waals surface area contributed by atoms with E-state index >= 15 is 0 Å². The predicted octanol–water partition coefficient (Wildman–Crippen LogP) is -1.43. The first kappa shape index (κ1) is 12.4. The molecule has 88 valence electrons. The fraction of sp³-hybridized carbons (Fsp3) is 0.875. The largest absolute Gasteiger partial charge is 0.480 e. The summed E-state index contributed by atoms with van der Waals surface area (Å²) in [6.07, 6.45) is 1.38. The van der Waals surface area contributed by atoms with Crippen molar-refractivity contribution < 1.29 is 18.3 Å². The topological polar surface area (TPSA) is 109 Å². The molecule has 6 nitrogen and oxygen atoms in total. The van der Waals surface area contributed by atoms with Crippen LogP contribution in [-0.2, 0) is 14.6 Å². The molecule has 1 rings (SSSR count). The lowest BCUT2D eigenvalue weighted by Gasteiger charge is -2.23. The first-order valence-electron chi connectivity index (χ1n) is 4.83. The van der Waals surface area contributed by atoms with Gasteiger partial charge in [0.05, 0.1) is 11.5 Å². The lowest BCUT2D eigenvalue weighted by Crippen LogP contribution is -2.47. The van der Waals surface area contributed by atoms with E-state index in [9.17, 15) is 13.2 Å². The molecule has 7 heteroatoms. The summed E-state index contributed by atoms with van der Waals surface area (Å²) in [7, 11) is -2.95. The van der Waals surface area contributed by atoms with E-state index < -0.39 is 21.8 Å². The molecule has 1 heterocycles. The molecule has 0 aromatic heterocycles. The number of carboxylic acids is 1. The van der Waals surface area contributed by atoms with Gasteiger partial charge in [-0.2, -0.15) is 0 Å². The molecule has 1 aliphatic rings. The van der Waals surface area contributed by atoms with Crippen molar-refractivity contribution in [2.75, 3.05) is 18.1 Å². The van der Waals surface area contributed by atoms with E-state index in [2.05, 4.69) is 5.32 Å². The molecule has 0 aliphatic carbocycles. The summed E-state index contributed by atoms with van der Waals surface area (Å²) in [5.74, 6) is -0.767. The molecular formula is C8H16N2O4S. The maximum absolute atomic E-state index is 11.3. The summed E-state index contributed by atoms with van der Waals surface area (Å²) in [5, 5.41) is 11.4. The van der Waals surface area contributed by atoms with Crippen LogP contribution in [0.25, 0.3) is 0 Å². The lowest BCUT2D eigenvalue weighted by atomic mass is 10.2. The minimum Gasteiger partial charge on any atom is -0.480 e. The molecule has 0 bridgehead atoms. The molecule has 0 aromatic carbocycles. The highest BCUT2D eigenvalue weighted by Crippen LogP contribution is 2.11. The molecule has 1 saturated heterocycles. The maximum atomic E-state index is 11.3. The van der Waals surface area contributed by atoms with Crippen LogP contribution in [0.3, 0.4) is 0 Å². The van der Waals surface area contributed by atoms with Crippen molar-refractivity contribution in [2.45, 2.75) is 24.9 Å². The van der Waals surface area contributed by atoms with Crippen LogP contribution in [0.5, 0.6) is 0 Å². The highest BCUT2D eigenvalue weighted by molar-refractivity contribution is 7.91. The van der Waals surface area contributed by atoms with E-state index in [1.54, 1.807) is 0 Å². The van der Waals surface area contributed by atoms with E-state index in [0.717, 1.165) is 6.42 Å². The molecule has 1 aliphatic heterocycles. The van der Waals surface area contributed by atoms with Gasteiger partial charge < -0.3 is 16.2 Å². The fourth-order valence-electron chi connectivity index (χ4n) is 1.56. The number of hydrogen-bond acceptors (Lipinski definition) is 5. The zero-order chi connectivity index (χ0) is 11.5. The smallest absolute Gasteiger partial charge is 0.321 e. The standard InChI is InChI=1S/C8H16N2O4S/c9-7(8(11)12)4-10-6-2-1-3-15(13,14)5-6/h6-7,10H,1-5,9H2,(H,11,12). The van der Waals surface area contributed by atoms with Gasteiger partial charge in [0.25, 0.3) is 0 Å². The van der Waals surface area contributed by atoms with Crippen molar-refractivity contribution in [1.82, 2.24) is 5.32 Å². The summed E-state index contributed by atoms with van der Waals surface area (Å²) in [6.45, 7) is 0.107. The van der Waals surface area contributed by atoms with Gasteiger partial charge in [-0.05, 0) is 12.8 Å². The Labute approximate surface area is 88.8 Å². The van der Waals surface area contributed by atoms with Gasteiger partial charge in [0.15, 0.2) is 9.84 Å². The summed E-state index contributed by atoms with van der Waals surface area (Å²) >= 11 is 0. The zero-order valence-corrected chi connectivity index (χ0v) is 9.16. The Balaban J connectivity index is 2.36. The highest BCUT2D eigenvalue weighted by atomic mass is 32.2. The Bertz CT molecular complexity index is 328. The van der Waals surface area contributed by atoms with Crippen molar-refractivity contribution in [1.29, 1.82) is 0 Å². The number of carbonyl (C=O) groups is 1. The van der Waals surface area contributed by atoms with E-state index in [1.807, 2.05) is 0 Å². The SMILES string of the molecule is NC(CNC1CCCS(=O)(=O)C1)C(=O)O. The van der Waals surface area contributed by atoms with Gasteiger partial charge in [0.2, 0.25) is 0 Å². The number of aliphatic carboxylic acids is 1. The molecule has 0 aromatic rings. The summed E-state index contributed by atoms with van der Waals surface area (Å²) in [6, 6.07) is -1.14. The van der Waals surface area contributed by atoms with Crippen molar-refractivity contribution in [2.24, 2.45) is 5.73 Å². The van der Waals surface area contributed by atoms with Crippen molar-refractivity contribution in [3.05, 3.63) is 0 Å². The fourth-order valence-corrected chi connectivity index (χ4v) is 3.24. The van der Waals surface area contributed by atoms with Crippen molar-refractivity contribution in [3.8, 4) is 0 Å². The number of carboxylic acid groups (broad SMARTS) is 1. The van der Waals surface area contributed by atoms with Gasteiger partial charge in [-0.25, -0.2) is 8.42 Å². The molecule has 2 unspecified atom stereocenters. The lowest BCUT2D eigenvalue weighted by molar-refractivity contribution is -0.138. The number of nitrogens with one attached hydrogen (secondary N) is 1. The van der Waals surface area contributed by atoms with Gasteiger partial charge in [0, 0.05) is 12.6 Å². The second-order valence-corrected chi connectivity index (χ2v) is 6.04.